The highest BCUT2D eigenvalue weighted by Crippen LogP contribution is 2.32. The van der Waals surface area contributed by atoms with Crippen molar-refractivity contribution in [1.29, 1.82) is 0 Å². The summed E-state index contributed by atoms with van der Waals surface area (Å²) in [5.74, 6) is 1.51. The Bertz CT molecular complexity index is 272. The highest BCUT2D eigenvalue weighted by molar-refractivity contribution is 7.99. The molecule has 0 aromatic carbocycles. The van der Waals surface area contributed by atoms with Crippen LogP contribution < -0.4 is 5.32 Å². The topological polar surface area (TPSA) is 32.3 Å². The number of carbonyl (C=O) groups is 1. The molecule has 0 bridgehead atoms. The minimum atomic E-state index is 0. The van der Waals surface area contributed by atoms with Crippen LogP contribution in [0.4, 0.5) is 0 Å². The first-order chi connectivity index (χ1) is 8.22. The second-order valence-corrected chi connectivity index (χ2v) is 6.72. The lowest BCUT2D eigenvalue weighted by Crippen LogP contribution is -2.45. The Labute approximate surface area is 121 Å². The van der Waals surface area contributed by atoms with Crippen LogP contribution in [0, 0.1) is 0 Å². The van der Waals surface area contributed by atoms with Crippen molar-refractivity contribution in [2.75, 3.05) is 19.3 Å². The molecule has 106 valence electrons. The van der Waals surface area contributed by atoms with Crippen molar-refractivity contribution in [3.8, 4) is 0 Å². The smallest absolute Gasteiger partial charge is 0.239 e. The van der Waals surface area contributed by atoms with Gasteiger partial charge in [-0.15, -0.1) is 12.4 Å². The van der Waals surface area contributed by atoms with Gasteiger partial charge in [0.2, 0.25) is 5.91 Å². The molecule has 0 radical (unpaired) electrons. The number of likely N-dealkylation sites (N-methyl/N-ethyl adjacent to an activating group) is 1. The summed E-state index contributed by atoms with van der Waals surface area (Å²) in [5, 5.41) is 4.08. The summed E-state index contributed by atoms with van der Waals surface area (Å²) in [6.07, 6.45) is 5.81. The number of nitrogens with zero attached hydrogens (tertiary/aromatic N) is 1. The maximum Gasteiger partial charge on any atom is 0.239 e. The van der Waals surface area contributed by atoms with Crippen molar-refractivity contribution in [1.82, 2.24) is 10.2 Å². The van der Waals surface area contributed by atoms with E-state index in [0.717, 1.165) is 24.6 Å². The van der Waals surface area contributed by atoms with E-state index >= 15 is 0 Å². The molecule has 0 spiro atoms. The Balaban J connectivity index is 0.00000162. The van der Waals surface area contributed by atoms with E-state index in [9.17, 15) is 4.79 Å². The molecular weight excluding hydrogens is 268 g/mol. The molecule has 1 saturated heterocycles. The van der Waals surface area contributed by atoms with Crippen LogP contribution in [0.2, 0.25) is 0 Å². The summed E-state index contributed by atoms with van der Waals surface area (Å²) in [6, 6.07) is 0.576. The molecule has 18 heavy (non-hydrogen) atoms. The van der Waals surface area contributed by atoms with E-state index in [1.165, 1.54) is 25.0 Å². The van der Waals surface area contributed by atoms with Crippen LogP contribution in [0.1, 0.15) is 39.0 Å². The van der Waals surface area contributed by atoms with Crippen molar-refractivity contribution in [2.45, 2.75) is 56.4 Å². The average Bonchev–Trinajstić information content (AvgIpc) is 2.98. The molecule has 0 aromatic heterocycles. The van der Waals surface area contributed by atoms with E-state index < -0.39 is 0 Å². The van der Waals surface area contributed by atoms with Crippen LogP contribution in [0.3, 0.4) is 0 Å². The third kappa shape index (κ3) is 3.78. The Morgan fingerprint density at radius 2 is 2.17 bits per heavy atom. The molecule has 3 unspecified atom stereocenters. The second-order valence-electron chi connectivity index (χ2n) is 5.14. The highest BCUT2D eigenvalue weighted by atomic mass is 35.5. The van der Waals surface area contributed by atoms with Gasteiger partial charge in [-0.2, -0.15) is 11.8 Å². The zero-order valence-corrected chi connectivity index (χ0v) is 13.0. The third-order valence-corrected chi connectivity index (χ3v) is 5.25. The van der Waals surface area contributed by atoms with Crippen LogP contribution in [-0.4, -0.2) is 47.5 Å². The summed E-state index contributed by atoms with van der Waals surface area (Å²) in [5.41, 5.74) is 0. The molecule has 2 aliphatic rings. The van der Waals surface area contributed by atoms with Gasteiger partial charge in [0, 0.05) is 18.3 Å². The summed E-state index contributed by atoms with van der Waals surface area (Å²) in [6.45, 7) is 3.22. The number of carbonyl (C=O) groups excluding carboxylic acids is 1. The molecule has 3 nitrogen and oxygen atoms in total. The predicted molar refractivity (Wildman–Crippen MR) is 80.6 cm³/mol. The first kappa shape index (κ1) is 16.1. The molecular formula is C13H25ClN2OS. The third-order valence-electron chi connectivity index (χ3n) is 4.01. The molecule has 2 rings (SSSR count). The monoisotopic (exact) mass is 292 g/mol. The maximum absolute atomic E-state index is 12.3. The van der Waals surface area contributed by atoms with Gasteiger partial charge in [0.1, 0.15) is 0 Å². The van der Waals surface area contributed by atoms with Gasteiger partial charge in [-0.25, -0.2) is 0 Å². The Morgan fingerprint density at radius 1 is 1.39 bits per heavy atom. The minimum absolute atomic E-state index is 0. The standard InChI is InChI=1S/C13H24N2OS.ClH/c1-3-17-11-7-6-10(9-11)15(2)13(16)12-5-4-8-14-12;/h10-12,14H,3-9H2,1-2H3;1H. The van der Waals surface area contributed by atoms with E-state index in [1.807, 2.05) is 11.9 Å². The van der Waals surface area contributed by atoms with Crippen LogP contribution in [0.25, 0.3) is 0 Å². The van der Waals surface area contributed by atoms with Crippen molar-refractivity contribution in [3.05, 3.63) is 0 Å². The van der Waals surface area contributed by atoms with Crippen molar-refractivity contribution >= 4 is 30.1 Å². The second kappa shape index (κ2) is 7.61. The highest BCUT2D eigenvalue weighted by Gasteiger charge is 2.33. The molecule has 5 heteroatoms. The van der Waals surface area contributed by atoms with Gasteiger partial charge in [0.15, 0.2) is 0 Å². The molecule has 1 aliphatic carbocycles. The van der Waals surface area contributed by atoms with Crippen molar-refractivity contribution in [3.63, 3.8) is 0 Å². The van der Waals surface area contributed by atoms with Crippen LogP contribution in [0.5, 0.6) is 0 Å². The number of halogens is 1. The van der Waals surface area contributed by atoms with Crippen LogP contribution in [-0.2, 0) is 4.79 Å². The van der Waals surface area contributed by atoms with Gasteiger partial charge in [0.25, 0.3) is 0 Å². The summed E-state index contributed by atoms with van der Waals surface area (Å²) in [7, 11) is 1.99. The lowest BCUT2D eigenvalue weighted by Gasteiger charge is -2.27. The largest absolute Gasteiger partial charge is 0.341 e. The van der Waals surface area contributed by atoms with Gasteiger partial charge in [-0.3, -0.25) is 4.79 Å². The summed E-state index contributed by atoms with van der Waals surface area (Å²) in [4.78, 5) is 14.3. The molecule has 1 aliphatic heterocycles. The molecule has 3 atom stereocenters. The van der Waals surface area contributed by atoms with Crippen LogP contribution >= 0.6 is 24.2 Å². The molecule has 1 heterocycles. The first-order valence-electron chi connectivity index (χ1n) is 6.84. The number of hydrogen-bond acceptors (Lipinski definition) is 3. The molecule has 2 fully saturated rings. The van der Waals surface area contributed by atoms with E-state index in [0.29, 0.717) is 11.9 Å². The van der Waals surface area contributed by atoms with Crippen LogP contribution in [0.15, 0.2) is 0 Å². The first-order valence-corrected chi connectivity index (χ1v) is 7.89. The van der Waals surface area contributed by atoms with Gasteiger partial charge >= 0.3 is 0 Å². The van der Waals surface area contributed by atoms with E-state index in [-0.39, 0.29) is 18.4 Å². The maximum atomic E-state index is 12.3. The predicted octanol–water partition coefficient (Wildman–Crippen LogP) is 2.29. The fraction of sp³-hybridized carbons (Fsp3) is 0.923. The quantitative estimate of drug-likeness (QED) is 0.863. The number of hydrogen-bond donors (Lipinski definition) is 1. The Morgan fingerprint density at radius 3 is 2.78 bits per heavy atom. The zero-order chi connectivity index (χ0) is 12.3. The van der Waals surface area contributed by atoms with Gasteiger partial charge < -0.3 is 10.2 Å². The number of thioether (sulfide) groups is 1. The van der Waals surface area contributed by atoms with E-state index in [4.69, 9.17) is 0 Å². The van der Waals surface area contributed by atoms with Gasteiger partial charge in [0.05, 0.1) is 6.04 Å². The SMILES string of the molecule is CCSC1CCC(N(C)C(=O)C2CCCN2)C1.Cl. The number of nitrogens with one attached hydrogen (secondary N) is 1. The number of amides is 1. The zero-order valence-electron chi connectivity index (χ0n) is 11.4. The van der Waals surface area contributed by atoms with Gasteiger partial charge in [-0.1, -0.05) is 6.92 Å². The summed E-state index contributed by atoms with van der Waals surface area (Å²) < 4.78 is 0. The lowest BCUT2D eigenvalue weighted by atomic mass is 10.1. The minimum Gasteiger partial charge on any atom is -0.341 e. The van der Waals surface area contributed by atoms with E-state index in [1.54, 1.807) is 0 Å². The van der Waals surface area contributed by atoms with Crippen molar-refractivity contribution in [2.24, 2.45) is 0 Å². The molecule has 1 saturated carbocycles. The van der Waals surface area contributed by atoms with E-state index in [2.05, 4.69) is 24.0 Å². The fourth-order valence-electron chi connectivity index (χ4n) is 2.98. The van der Waals surface area contributed by atoms with Gasteiger partial charge in [-0.05, 0) is 44.4 Å². The average molecular weight is 293 g/mol. The van der Waals surface area contributed by atoms with Crippen molar-refractivity contribution < 1.29 is 4.79 Å². The Hall–Kier alpha value is 0.0700. The molecule has 0 aromatic rings. The summed E-state index contributed by atoms with van der Waals surface area (Å²) >= 11 is 2.05. The lowest BCUT2D eigenvalue weighted by molar-refractivity contribution is -0.133. The number of rotatable bonds is 4. The fourth-order valence-corrected chi connectivity index (χ4v) is 4.11. The normalized spacial score (nSPS) is 31.1. The molecule has 1 amide bonds. The Kier molecular flexibility index (Phi) is 6.82. The molecule has 1 N–H and O–H groups in total.